The summed E-state index contributed by atoms with van der Waals surface area (Å²) in [6.45, 7) is 1.70. The average Bonchev–Trinajstić information content (AvgIpc) is 2.19. The van der Waals surface area contributed by atoms with Crippen LogP contribution in [0, 0.1) is 5.92 Å². The molecule has 1 N–H and O–H groups in total. The van der Waals surface area contributed by atoms with Gasteiger partial charge in [-0.2, -0.15) is 0 Å². The van der Waals surface area contributed by atoms with Gasteiger partial charge in [0.25, 0.3) is 0 Å². The van der Waals surface area contributed by atoms with E-state index in [1.54, 1.807) is 6.92 Å². The molecular formula is C10H17NO2. The van der Waals surface area contributed by atoms with E-state index in [4.69, 9.17) is 0 Å². The van der Waals surface area contributed by atoms with Crippen molar-refractivity contribution in [2.45, 2.75) is 45.1 Å². The molecule has 13 heavy (non-hydrogen) atoms. The summed E-state index contributed by atoms with van der Waals surface area (Å²) >= 11 is 0. The highest BCUT2D eigenvalue weighted by molar-refractivity contribution is 5.81. The molecule has 0 radical (unpaired) electrons. The van der Waals surface area contributed by atoms with Crippen LogP contribution in [0.3, 0.4) is 0 Å². The maximum absolute atomic E-state index is 11.5. The van der Waals surface area contributed by atoms with Crippen LogP contribution < -0.4 is 5.32 Å². The zero-order valence-corrected chi connectivity index (χ0v) is 8.08. The van der Waals surface area contributed by atoms with Crippen molar-refractivity contribution in [3.8, 4) is 0 Å². The number of rotatable bonds is 3. The Balaban J connectivity index is 2.32. The fraction of sp³-hybridized carbons (Fsp3) is 0.800. The molecule has 1 aliphatic rings. The molecule has 0 unspecified atom stereocenters. The van der Waals surface area contributed by atoms with Crippen LogP contribution in [0.25, 0.3) is 0 Å². The van der Waals surface area contributed by atoms with Gasteiger partial charge in [0.2, 0.25) is 5.91 Å². The Labute approximate surface area is 78.9 Å². The fourth-order valence-electron chi connectivity index (χ4n) is 1.74. The molecule has 3 nitrogen and oxygen atoms in total. The highest BCUT2D eigenvalue weighted by Gasteiger charge is 2.21. The van der Waals surface area contributed by atoms with Crippen molar-refractivity contribution in [3.63, 3.8) is 0 Å². The predicted octanol–water partition coefficient (Wildman–Crippen LogP) is 1.27. The first-order valence-corrected chi connectivity index (χ1v) is 4.99. The molecule has 1 amide bonds. The van der Waals surface area contributed by atoms with Gasteiger partial charge in [-0.05, 0) is 19.8 Å². The van der Waals surface area contributed by atoms with Gasteiger partial charge in [0.05, 0.1) is 6.04 Å². The monoisotopic (exact) mass is 183 g/mol. The second kappa shape index (κ2) is 5.00. The summed E-state index contributed by atoms with van der Waals surface area (Å²) in [4.78, 5) is 21.8. The summed E-state index contributed by atoms with van der Waals surface area (Å²) in [7, 11) is 0. The molecule has 0 aromatic carbocycles. The van der Waals surface area contributed by atoms with Gasteiger partial charge < -0.3 is 10.1 Å². The van der Waals surface area contributed by atoms with Crippen LogP contribution in [0.1, 0.15) is 39.0 Å². The Morgan fingerprint density at radius 1 is 1.38 bits per heavy atom. The van der Waals surface area contributed by atoms with E-state index in [9.17, 15) is 9.59 Å². The molecule has 0 spiro atoms. The van der Waals surface area contributed by atoms with Crippen LogP contribution >= 0.6 is 0 Å². The summed E-state index contributed by atoms with van der Waals surface area (Å²) in [5.41, 5.74) is 0. The van der Waals surface area contributed by atoms with Crippen LogP contribution in [-0.4, -0.2) is 18.2 Å². The van der Waals surface area contributed by atoms with Crippen molar-refractivity contribution in [2.75, 3.05) is 0 Å². The van der Waals surface area contributed by atoms with Gasteiger partial charge in [-0.1, -0.05) is 19.3 Å². The summed E-state index contributed by atoms with van der Waals surface area (Å²) in [6.07, 6.45) is 6.27. The lowest BCUT2D eigenvalue weighted by Gasteiger charge is -2.21. The minimum absolute atomic E-state index is 0.0549. The standard InChI is InChI=1S/C10H17NO2/c1-8(7-12)11-10(13)9-5-3-2-4-6-9/h7-9H,2-6H2,1H3,(H,11,13)/t8-/m0/s1. The van der Waals surface area contributed by atoms with Gasteiger partial charge in [-0.25, -0.2) is 0 Å². The minimum atomic E-state index is -0.338. The summed E-state index contributed by atoms with van der Waals surface area (Å²) < 4.78 is 0. The Hall–Kier alpha value is -0.860. The highest BCUT2D eigenvalue weighted by Crippen LogP contribution is 2.23. The molecule has 3 heteroatoms. The van der Waals surface area contributed by atoms with E-state index in [-0.39, 0.29) is 17.9 Å². The number of nitrogens with one attached hydrogen (secondary N) is 1. The third kappa shape index (κ3) is 3.17. The SMILES string of the molecule is C[C@@H](C=O)NC(=O)C1CCCCC1. The number of hydrogen-bond donors (Lipinski definition) is 1. The van der Waals surface area contributed by atoms with Crippen molar-refractivity contribution in [1.29, 1.82) is 0 Å². The van der Waals surface area contributed by atoms with Crippen molar-refractivity contribution in [1.82, 2.24) is 5.32 Å². The molecule has 0 bridgehead atoms. The van der Waals surface area contributed by atoms with Gasteiger partial charge >= 0.3 is 0 Å². The Morgan fingerprint density at radius 2 is 2.00 bits per heavy atom. The van der Waals surface area contributed by atoms with Crippen LogP contribution in [0.2, 0.25) is 0 Å². The summed E-state index contributed by atoms with van der Waals surface area (Å²) in [5, 5.41) is 2.69. The van der Waals surface area contributed by atoms with Crippen LogP contribution in [0.4, 0.5) is 0 Å². The third-order valence-corrected chi connectivity index (χ3v) is 2.55. The largest absolute Gasteiger partial charge is 0.347 e. The normalized spacial score (nSPS) is 20.7. The Morgan fingerprint density at radius 3 is 2.54 bits per heavy atom. The second-order valence-corrected chi connectivity index (χ2v) is 3.77. The maximum atomic E-state index is 11.5. The molecule has 74 valence electrons. The molecule has 1 saturated carbocycles. The zero-order chi connectivity index (χ0) is 9.68. The molecule has 0 aromatic heterocycles. The fourth-order valence-corrected chi connectivity index (χ4v) is 1.74. The predicted molar refractivity (Wildman–Crippen MR) is 50.2 cm³/mol. The molecule has 0 aromatic rings. The molecular weight excluding hydrogens is 166 g/mol. The summed E-state index contributed by atoms with van der Waals surface area (Å²) in [6, 6.07) is -0.338. The first-order valence-electron chi connectivity index (χ1n) is 4.99. The average molecular weight is 183 g/mol. The van der Waals surface area contributed by atoms with Crippen molar-refractivity contribution in [2.24, 2.45) is 5.92 Å². The molecule has 1 fully saturated rings. The number of carbonyl (C=O) groups excluding carboxylic acids is 2. The van der Waals surface area contributed by atoms with E-state index in [1.165, 1.54) is 6.42 Å². The van der Waals surface area contributed by atoms with Crippen LogP contribution in [-0.2, 0) is 9.59 Å². The van der Waals surface area contributed by atoms with E-state index < -0.39 is 0 Å². The number of hydrogen-bond acceptors (Lipinski definition) is 2. The first-order chi connectivity index (χ1) is 6.24. The molecule has 0 aliphatic heterocycles. The van der Waals surface area contributed by atoms with Crippen LogP contribution in [0.15, 0.2) is 0 Å². The molecule has 1 atom stereocenters. The van der Waals surface area contributed by atoms with Gasteiger partial charge in [-0.15, -0.1) is 0 Å². The van der Waals surface area contributed by atoms with Gasteiger partial charge in [0, 0.05) is 5.92 Å². The van der Waals surface area contributed by atoms with E-state index in [0.29, 0.717) is 0 Å². The zero-order valence-electron chi connectivity index (χ0n) is 8.08. The van der Waals surface area contributed by atoms with Crippen molar-refractivity contribution >= 4 is 12.2 Å². The quantitative estimate of drug-likeness (QED) is 0.670. The van der Waals surface area contributed by atoms with Gasteiger partial charge in [0.15, 0.2) is 0 Å². The van der Waals surface area contributed by atoms with Gasteiger partial charge in [0.1, 0.15) is 6.29 Å². The minimum Gasteiger partial charge on any atom is -0.347 e. The number of amides is 1. The first kappa shape index (κ1) is 10.2. The number of aldehydes is 1. The second-order valence-electron chi connectivity index (χ2n) is 3.77. The van der Waals surface area contributed by atoms with Crippen LogP contribution in [0.5, 0.6) is 0 Å². The highest BCUT2D eigenvalue weighted by atomic mass is 16.2. The Bertz CT molecular complexity index is 185. The number of carbonyl (C=O) groups is 2. The lowest BCUT2D eigenvalue weighted by molar-refractivity contribution is -0.128. The molecule has 0 heterocycles. The van der Waals surface area contributed by atoms with E-state index in [0.717, 1.165) is 32.0 Å². The lowest BCUT2D eigenvalue weighted by Crippen LogP contribution is -2.38. The van der Waals surface area contributed by atoms with E-state index in [1.807, 2.05) is 0 Å². The third-order valence-electron chi connectivity index (χ3n) is 2.55. The topological polar surface area (TPSA) is 46.2 Å². The molecule has 1 aliphatic carbocycles. The van der Waals surface area contributed by atoms with Crippen molar-refractivity contribution < 1.29 is 9.59 Å². The lowest BCUT2D eigenvalue weighted by atomic mass is 9.88. The van der Waals surface area contributed by atoms with E-state index >= 15 is 0 Å². The Kier molecular flexibility index (Phi) is 3.93. The summed E-state index contributed by atoms with van der Waals surface area (Å²) in [5.74, 6) is 0.204. The molecule has 1 rings (SSSR count). The molecule has 0 saturated heterocycles. The van der Waals surface area contributed by atoms with Crippen molar-refractivity contribution in [3.05, 3.63) is 0 Å². The van der Waals surface area contributed by atoms with Gasteiger partial charge in [-0.3, -0.25) is 4.79 Å². The van der Waals surface area contributed by atoms with E-state index in [2.05, 4.69) is 5.32 Å². The maximum Gasteiger partial charge on any atom is 0.223 e. The smallest absolute Gasteiger partial charge is 0.223 e.